The van der Waals surface area contributed by atoms with E-state index in [-0.39, 0.29) is 49.5 Å². The number of aromatic nitrogens is 2. The first kappa shape index (κ1) is 41.5. The zero-order valence-corrected chi connectivity index (χ0v) is 33.4. The molecule has 0 aliphatic carbocycles. The Balaban J connectivity index is 0.00000171. The second-order valence-electron chi connectivity index (χ2n) is 15.7. The summed E-state index contributed by atoms with van der Waals surface area (Å²) in [5.74, 6) is 0.0603. The van der Waals surface area contributed by atoms with Crippen LogP contribution in [0.4, 0.5) is 20.2 Å². The highest BCUT2D eigenvalue weighted by Gasteiger charge is 2.39. The summed E-state index contributed by atoms with van der Waals surface area (Å²) in [5.41, 5.74) is 6.37. The number of carbonyl (C=O) groups excluding carboxylic acids is 3. The lowest BCUT2D eigenvalue weighted by Gasteiger charge is -2.41. The topological polar surface area (TPSA) is 163 Å². The molecule has 3 saturated heterocycles. The van der Waals surface area contributed by atoms with Gasteiger partial charge in [0.2, 0.25) is 11.8 Å². The summed E-state index contributed by atoms with van der Waals surface area (Å²) in [6, 6.07) is 16.9. The number of anilines is 2. The van der Waals surface area contributed by atoms with Crippen molar-refractivity contribution < 1.29 is 37.8 Å². The molecule has 4 N–H and O–H groups in total. The van der Waals surface area contributed by atoms with Crippen LogP contribution in [0.15, 0.2) is 60.8 Å². The molecule has 0 saturated carbocycles. The molecule has 4 aliphatic heterocycles. The molecule has 4 aliphatic rings. The molecule has 8 rings (SSSR count). The maximum Gasteiger partial charge on any atom is 0.290 e. The van der Waals surface area contributed by atoms with Crippen LogP contribution in [-0.4, -0.2) is 127 Å². The molecule has 59 heavy (non-hydrogen) atoms. The van der Waals surface area contributed by atoms with Crippen molar-refractivity contribution in [3.05, 3.63) is 83.3 Å². The Hall–Kier alpha value is -5.61. The lowest BCUT2D eigenvalue weighted by atomic mass is 9.88. The molecule has 0 unspecified atom stereocenters. The number of carboxylic acid groups (broad SMARTS) is 1. The van der Waals surface area contributed by atoms with Crippen LogP contribution in [0.5, 0.6) is 5.75 Å². The minimum absolute atomic E-state index is 0.0645. The monoisotopic (exact) mass is 814 g/mol. The van der Waals surface area contributed by atoms with E-state index in [1.165, 1.54) is 5.56 Å². The number of piperidine rings is 2. The number of piperazine rings is 1. The smallest absolute Gasteiger partial charge is 0.290 e. The molecule has 0 radical (unpaired) electrons. The minimum Gasteiger partial charge on any atom is -0.496 e. The Morgan fingerprint density at radius 2 is 1.71 bits per heavy atom. The van der Waals surface area contributed by atoms with E-state index in [2.05, 4.69) is 65.6 Å². The van der Waals surface area contributed by atoms with Gasteiger partial charge in [-0.1, -0.05) is 24.3 Å². The van der Waals surface area contributed by atoms with Gasteiger partial charge in [0, 0.05) is 92.2 Å². The summed E-state index contributed by atoms with van der Waals surface area (Å²) in [5, 5.41) is 13.0. The number of H-pyrrole nitrogens is 1. The van der Waals surface area contributed by atoms with Crippen molar-refractivity contribution in [2.24, 2.45) is 5.92 Å². The molecular weight excluding hydrogens is 763 g/mol. The summed E-state index contributed by atoms with van der Waals surface area (Å²) < 4.78 is 34.0. The fourth-order valence-electron chi connectivity index (χ4n) is 9.11. The molecular formula is C43H52F2N8O6. The van der Waals surface area contributed by atoms with Gasteiger partial charge in [-0.15, -0.1) is 0 Å². The van der Waals surface area contributed by atoms with E-state index in [4.69, 9.17) is 14.6 Å². The average Bonchev–Trinajstić information content (AvgIpc) is 3.60. The maximum absolute atomic E-state index is 14.0. The van der Waals surface area contributed by atoms with Gasteiger partial charge in [-0.3, -0.25) is 34.3 Å². The van der Waals surface area contributed by atoms with Crippen LogP contribution < -0.4 is 25.2 Å². The Morgan fingerprint density at radius 1 is 1.00 bits per heavy atom. The van der Waals surface area contributed by atoms with Crippen molar-refractivity contribution in [3.8, 4) is 5.75 Å². The van der Waals surface area contributed by atoms with Crippen LogP contribution in [-0.2, 0) is 20.8 Å². The maximum atomic E-state index is 14.0. The number of nitrogens with zero attached hydrogens (tertiary/aromatic N) is 5. The molecule has 6 heterocycles. The lowest BCUT2D eigenvalue weighted by Crippen LogP contribution is -2.52. The van der Waals surface area contributed by atoms with Crippen LogP contribution in [0.1, 0.15) is 66.0 Å². The van der Waals surface area contributed by atoms with E-state index in [1.807, 2.05) is 30.0 Å². The SMILES string of the molecule is COc1cc(N2CCC(CN3CCN(c4ccc(C(=O)N[C@H]5CCC(=O)NC5=O)nc4)CC3)CC2)ccc1[C@@H]1c2[nH]c3ccccc3c2C[C@@H](C)N1CC(F)F.O=CO. The van der Waals surface area contributed by atoms with Gasteiger partial charge in [-0.05, 0) is 68.4 Å². The van der Waals surface area contributed by atoms with Crippen molar-refractivity contribution in [3.63, 3.8) is 0 Å². The Bertz CT molecular complexity index is 2120. The van der Waals surface area contributed by atoms with Gasteiger partial charge in [0.15, 0.2) is 0 Å². The van der Waals surface area contributed by atoms with E-state index in [1.54, 1.807) is 19.4 Å². The van der Waals surface area contributed by atoms with Gasteiger partial charge in [-0.25, -0.2) is 13.8 Å². The number of amides is 3. The molecule has 3 fully saturated rings. The number of aromatic amines is 1. The number of fused-ring (bicyclic) bond motifs is 3. The standard InChI is InChI=1S/C42H50F2N8O4.CH2O2/c1-26-21-32-30-5-3-4-6-33(30)46-39(32)40(52(26)25-37(43)44)31-9-7-28(22-36(31)56-2)50-15-13-27(14-16-50)24-49-17-19-51(20-18-49)29-8-10-34(45-23-29)41(54)47-35-11-12-38(53)48-42(35)55;2-1-3/h3-10,22-23,26-27,35,37,40,46H,11-21,24-25H2,1-2H3,(H,47,54)(H,48,53,55);1H,(H,2,3)/t26-,35+,40-;/m1./s1. The van der Waals surface area contributed by atoms with E-state index in [0.29, 0.717) is 18.1 Å². The zero-order valence-electron chi connectivity index (χ0n) is 33.4. The Labute approximate surface area is 341 Å². The van der Waals surface area contributed by atoms with Gasteiger partial charge in [0.05, 0.1) is 31.6 Å². The first-order valence-corrected chi connectivity index (χ1v) is 20.3. The van der Waals surface area contributed by atoms with Gasteiger partial charge in [0.1, 0.15) is 17.5 Å². The molecule has 14 nitrogen and oxygen atoms in total. The molecule has 16 heteroatoms. The van der Waals surface area contributed by atoms with E-state index >= 15 is 0 Å². The highest BCUT2D eigenvalue weighted by molar-refractivity contribution is 6.03. The third-order valence-electron chi connectivity index (χ3n) is 12.1. The number of hydrogen-bond acceptors (Lipinski definition) is 10. The quantitative estimate of drug-likeness (QED) is 0.132. The molecule has 2 aromatic heterocycles. The Kier molecular flexibility index (Phi) is 13.1. The lowest BCUT2D eigenvalue weighted by molar-refractivity contribution is -0.134. The number of rotatable bonds is 10. The first-order valence-electron chi connectivity index (χ1n) is 20.3. The van der Waals surface area contributed by atoms with Crippen LogP contribution in [0.25, 0.3) is 10.9 Å². The number of halogens is 2. The molecule has 3 atom stereocenters. The highest BCUT2D eigenvalue weighted by atomic mass is 19.3. The van der Waals surface area contributed by atoms with Crippen molar-refractivity contribution in [2.75, 3.05) is 69.3 Å². The second-order valence-corrected chi connectivity index (χ2v) is 15.7. The third kappa shape index (κ3) is 9.33. The van der Waals surface area contributed by atoms with Crippen LogP contribution in [0.2, 0.25) is 0 Å². The van der Waals surface area contributed by atoms with E-state index < -0.39 is 24.3 Å². The minimum atomic E-state index is -2.45. The fourth-order valence-corrected chi connectivity index (χ4v) is 9.11. The van der Waals surface area contributed by atoms with Crippen molar-refractivity contribution in [2.45, 2.75) is 63.6 Å². The third-order valence-corrected chi connectivity index (χ3v) is 12.1. The predicted octanol–water partition coefficient (Wildman–Crippen LogP) is 4.45. The molecule has 4 aromatic rings. The number of methoxy groups -OCH3 is 1. The number of imide groups is 1. The largest absolute Gasteiger partial charge is 0.496 e. The summed E-state index contributed by atoms with van der Waals surface area (Å²) >= 11 is 0. The van der Waals surface area contributed by atoms with Gasteiger partial charge < -0.3 is 29.9 Å². The molecule has 0 bridgehead atoms. The number of carbonyl (C=O) groups is 4. The second kappa shape index (κ2) is 18.5. The van der Waals surface area contributed by atoms with Crippen molar-refractivity contribution >= 4 is 46.5 Å². The van der Waals surface area contributed by atoms with Gasteiger partial charge in [-0.2, -0.15) is 0 Å². The molecule has 3 amide bonds. The average molecular weight is 815 g/mol. The van der Waals surface area contributed by atoms with Crippen LogP contribution in [0.3, 0.4) is 0 Å². The zero-order chi connectivity index (χ0) is 41.6. The Morgan fingerprint density at radius 3 is 2.39 bits per heavy atom. The summed E-state index contributed by atoms with van der Waals surface area (Å²) in [7, 11) is 1.67. The number of pyridine rings is 1. The number of hydrogen-bond donors (Lipinski definition) is 4. The first-order chi connectivity index (χ1) is 28.6. The number of benzene rings is 2. The molecule has 314 valence electrons. The van der Waals surface area contributed by atoms with Gasteiger partial charge >= 0.3 is 0 Å². The highest BCUT2D eigenvalue weighted by Crippen LogP contribution is 2.44. The van der Waals surface area contributed by atoms with Crippen molar-refractivity contribution in [1.29, 1.82) is 0 Å². The van der Waals surface area contributed by atoms with Crippen LogP contribution in [0, 0.1) is 5.92 Å². The van der Waals surface area contributed by atoms with E-state index in [9.17, 15) is 23.2 Å². The van der Waals surface area contributed by atoms with Gasteiger partial charge in [0.25, 0.3) is 18.8 Å². The predicted molar refractivity (Wildman–Crippen MR) is 219 cm³/mol. The molecule has 2 aromatic carbocycles. The normalized spacial score (nSPS) is 21.7. The summed E-state index contributed by atoms with van der Waals surface area (Å²) in [6.45, 7) is 8.02. The molecule has 0 spiro atoms. The number of alkyl halides is 2. The fraction of sp³-hybridized carbons (Fsp3) is 0.465. The van der Waals surface area contributed by atoms with Crippen molar-refractivity contribution in [1.82, 2.24) is 30.4 Å². The van der Waals surface area contributed by atoms with E-state index in [0.717, 1.165) is 92.2 Å². The number of nitrogens with one attached hydrogen (secondary N) is 3. The van der Waals surface area contributed by atoms with Crippen LogP contribution >= 0.6 is 0 Å². The number of para-hydroxylation sites is 1. The number of ether oxygens (including phenoxy) is 1. The summed E-state index contributed by atoms with van der Waals surface area (Å²) in [6.07, 6.45) is 2.60. The summed E-state index contributed by atoms with van der Waals surface area (Å²) in [4.78, 5) is 61.6.